The van der Waals surface area contributed by atoms with E-state index in [1.54, 1.807) is 16.7 Å². The Balaban J connectivity index is 1.86. The van der Waals surface area contributed by atoms with Crippen molar-refractivity contribution in [3.63, 3.8) is 0 Å². The number of carbonyl (C=O) groups is 2. The van der Waals surface area contributed by atoms with E-state index in [1.165, 1.54) is 0 Å². The maximum absolute atomic E-state index is 12.7. The van der Waals surface area contributed by atoms with Gasteiger partial charge in [-0.25, -0.2) is 0 Å². The molecule has 1 unspecified atom stereocenters. The van der Waals surface area contributed by atoms with E-state index in [2.05, 4.69) is 12.2 Å². The molecular formula is C19H32N4O2S+2. The Morgan fingerprint density at radius 3 is 2.58 bits per heavy atom. The molecule has 1 heterocycles. The van der Waals surface area contributed by atoms with Crippen molar-refractivity contribution in [1.29, 1.82) is 0 Å². The molecule has 2 amide bonds. The van der Waals surface area contributed by atoms with Crippen molar-refractivity contribution >= 4 is 29.3 Å². The van der Waals surface area contributed by atoms with Gasteiger partial charge in [-0.05, 0) is 32.2 Å². The molecule has 0 spiro atoms. The third kappa shape index (κ3) is 5.46. The van der Waals surface area contributed by atoms with Crippen LogP contribution >= 0.6 is 11.8 Å². The number of rotatable bonds is 7. The molecular weight excluding hydrogens is 348 g/mol. The Morgan fingerprint density at radius 1 is 1.31 bits per heavy atom. The summed E-state index contributed by atoms with van der Waals surface area (Å²) in [5.41, 5.74) is 0.829. The van der Waals surface area contributed by atoms with Crippen LogP contribution in [-0.2, 0) is 9.59 Å². The molecule has 3 N–H and O–H groups in total. The van der Waals surface area contributed by atoms with E-state index in [0.717, 1.165) is 48.2 Å². The fourth-order valence-corrected chi connectivity index (χ4v) is 3.78. The van der Waals surface area contributed by atoms with E-state index in [1.807, 2.05) is 49.4 Å². The Morgan fingerprint density at radius 2 is 1.96 bits per heavy atom. The van der Waals surface area contributed by atoms with Crippen molar-refractivity contribution in [2.24, 2.45) is 0 Å². The van der Waals surface area contributed by atoms with Gasteiger partial charge in [0.25, 0.3) is 11.8 Å². The molecule has 1 aliphatic heterocycles. The van der Waals surface area contributed by atoms with Crippen molar-refractivity contribution in [2.75, 3.05) is 57.9 Å². The number of thioether (sulfide) groups is 1. The molecule has 1 saturated heterocycles. The Labute approximate surface area is 160 Å². The van der Waals surface area contributed by atoms with Crippen LogP contribution in [0.4, 0.5) is 5.69 Å². The van der Waals surface area contributed by atoms with Gasteiger partial charge in [0.1, 0.15) is 0 Å². The fourth-order valence-electron chi connectivity index (χ4n) is 3.23. The zero-order chi connectivity index (χ0) is 19.1. The maximum atomic E-state index is 12.7. The van der Waals surface area contributed by atoms with Crippen LogP contribution in [0.3, 0.4) is 0 Å². The van der Waals surface area contributed by atoms with Crippen LogP contribution in [0.1, 0.15) is 13.8 Å². The molecule has 1 aliphatic rings. The highest BCUT2D eigenvalue weighted by Gasteiger charge is 2.31. The van der Waals surface area contributed by atoms with Crippen LogP contribution in [0.15, 0.2) is 29.2 Å². The van der Waals surface area contributed by atoms with Crippen LogP contribution in [0.5, 0.6) is 0 Å². The summed E-state index contributed by atoms with van der Waals surface area (Å²) in [6.07, 6.45) is 1.99. The molecule has 0 saturated carbocycles. The predicted octanol–water partition coefficient (Wildman–Crippen LogP) is -1.00. The first-order valence-electron chi connectivity index (χ1n) is 9.33. The van der Waals surface area contributed by atoms with Crippen molar-refractivity contribution in [1.82, 2.24) is 4.90 Å². The Bertz CT molecular complexity index is 617. The SMILES string of the molecule is CC[NH+]1CCN(C(=O)[C@@H](C)[NH+](C)CC(=O)Nc2ccccc2SC)CC1. The molecule has 6 nitrogen and oxygen atoms in total. The number of quaternary nitrogens is 2. The van der Waals surface area contributed by atoms with E-state index in [-0.39, 0.29) is 24.4 Å². The highest BCUT2D eigenvalue weighted by Crippen LogP contribution is 2.24. The monoisotopic (exact) mass is 380 g/mol. The van der Waals surface area contributed by atoms with E-state index >= 15 is 0 Å². The lowest BCUT2D eigenvalue weighted by molar-refractivity contribution is -0.903. The first-order chi connectivity index (χ1) is 12.5. The molecule has 0 radical (unpaired) electrons. The van der Waals surface area contributed by atoms with Gasteiger partial charge in [-0.3, -0.25) is 9.59 Å². The molecule has 1 aromatic rings. The van der Waals surface area contributed by atoms with Crippen molar-refractivity contribution < 1.29 is 19.4 Å². The minimum Gasteiger partial charge on any atom is -0.332 e. The van der Waals surface area contributed by atoms with Crippen molar-refractivity contribution in [3.05, 3.63) is 24.3 Å². The summed E-state index contributed by atoms with van der Waals surface area (Å²) < 4.78 is 0. The van der Waals surface area contributed by atoms with Gasteiger partial charge < -0.3 is 20.0 Å². The van der Waals surface area contributed by atoms with Gasteiger partial charge in [-0.2, -0.15) is 0 Å². The van der Waals surface area contributed by atoms with E-state index < -0.39 is 0 Å². The molecule has 144 valence electrons. The van der Waals surface area contributed by atoms with Gasteiger partial charge in [0.2, 0.25) is 0 Å². The third-order valence-corrected chi connectivity index (χ3v) is 6.01. The number of para-hydroxylation sites is 1. The summed E-state index contributed by atoms with van der Waals surface area (Å²) in [6.45, 7) is 9.14. The minimum atomic E-state index is -0.222. The van der Waals surface area contributed by atoms with Gasteiger partial charge in [0, 0.05) is 4.90 Å². The summed E-state index contributed by atoms with van der Waals surface area (Å²) in [5.74, 6) is 0.0823. The maximum Gasteiger partial charge on any atom is 0.280 e. The summed E-state index contributed by atoms with van der Waals surface area (Å²) in [4.78, 5) is 30.6. The van der Waals surface area contributed by atoms with E-state index in [0.29, 0.717) is 0 Å². The summed E-state index contributed by atoms with van der Waals surface area (Å²) in [5, 5.41) is 2.97. The summed E-state index contributed by atoms with van der Waals surface area (Å²) in [6, 6.07) is 7.54. The topological polar surface area (TPSA) is 58.3 Å². The molecule has 2 rings (SSSR count). The lowest BCUT2D eigenvalue weighted by atomic mass is 10.2. The third-order valence-electron chi connectivity index (χ3n) is 5.21. The lowest BCUT2D eigenvalue weighted by Crippen LogP contribution is -3.16. The number of piperazine rings is 1. The largest absolute Gasteiger partial charge is 0.332 e. The molecule has 0 aromatic heterocycles. The zero-order valence-electron chi connectivity index (χ0n) is 16.3. The standard InChI is InChI=1S/C19H30N4O2S/c1-5-22-10-12-23(13-11-22)19(25)15(2)21(3)14-18(24)20-16-8-6-7-9-17(16)26-4/h6-9,15H,5,10-14H2,1-4H3,(H,20,24)/p+2/t15-/m1/s1. The number of amides is 2. The van der Waals surface area contributed by atoms with Crippen LogP contribution in [0, 0.1) is 0 Å². The summed E-state index contributed by atoms with van der Waals surface area (Å²) >= 11 is 1.60. The van der Waals surface area contributed by atoms with Gasteiger partial charge in [-0.1, -0.05) is 12.1 Å². The smallest absolute Gasteiger partial charge is 0.280 e. The number of nitrogens with one attached hydrogen (secondary N) is 3. The molecule has 1 aromatic carbocycles. The molecule has 0 aliphatic carbocycles. The molecule has 2 atom stereocenters. The van der Waals surface area contributed by atoms with Crippen molar-refractivity contribution in [2.45, 2.75) is 24.8 Å². The number of likely N-dealkylation sites (N-methyl/N-ethyl adjacent to an activating group) is 2. The quantitative estimate of drug-likeness (QED) is 0.532. The normalized spacial score (nSPS) is 17.6. The van der Waals surface area contributed by atoms with Crippen LogP contribution in [-0.4, -0.2) is 75.3 Å². The van der Waals surface area contributed by atoms with E-state index in [9.17, 15) is 9.59 Å². The van der Waals surface area contributed by atoms with Gasteiger partial charge >= 0.3 is 0 Å². The molecule has 26 heavy (non-hydrogen) atoms. The predicted molar refractivity (Wildman–Crippen MR) is 106 cm³/mol. The number of hydrogen-bond acceptors (Lipinski definition) is 3. The van der Waals surface area contributed by atoms with Crippen LogP contribution in [0.25, 0.3) is 0 Å². The van der Waals surface area contributed by atoms with Gasteiger partial charge in [-0.15, -0.1) is 11.8 Å². The molecule has 7 heteroatoms. The number of hydrogen-bond donors (Lipinski definition) is 3. The van der Waals surface area contributed by atoms with Crippen molar-refractivity contribution in [3.8, 4) is 0 Å². The van der Waals surface area contributed by atoms with E-state index in [4.69, 9.17) is 0 Å². The fraction of sp³-hybridized carbons (Fsp3) is 0.579. The Hall–Kier alpha value is -1.57. The number of carbonyl (C=O) groups excluding carboxylic acids is 2. The second kappa shape index (κ2) is 9.94. The molecule has 1 fully saturated rings. The number of anilines is 1. The number of nitrogens with zero attached hydrogens (tertiary/aromatic N) is 1. The number of benzene rings is 1. The van der Waals surface area contributed by atoms with Crippen LogP contribution < -0.4 is 15.1 Å². The van der Waals surface area contributed by atoms with Gasteiger partial charge in [0.05, 0.1) is 45.5 Å². The van der Waals surface area contributed by atoms with Crippen LogP contribution in [0.2, 0.25) is 0 Å². The highest BCUT2D eigenvalue weighted by molar-refractivity contribution is 7.98. The minimum absolute atomic E-state index is 0.0658. The second-order valence-electron chi connectivity index (χ2n) is 6.92. The highest BCUT2D eigenvalue weighted by atomic mass is 32.2. The van der Waals surface area contributed by atoms with Gasteiger partial charge in [0.15, 0.2) is 12.6 Å². The zero-order valence-corrected chi connectivity index (χ0v) is 17.1. The first-order valence-corrected chi connectivity index (χ1v) is 10.6. The second-order valence-corrected chi connectivity index (χ2v) is 7.77. The average Bonchev–Trinajstić information content (AvgIpc) is 2.67. The summed E-state index contributed by atoms with van der Waals surface area (Å²) in [7, 11) is 1.91. The Kier molecular flexibility index (Phi) is 7.93. The lowest BCUT2D eigenvalue weighted by Gasteiger charge is -2.33. The molecule has 0 bridgehead atoms. The first kappa shape index (κ1) is 20.7. The average molecular weight is 381 g/mol.